The van der Waals surface area contributed by atoms with Crippen LogP contribution in [0.4, 0.5) is 0 Å². The van der Waals surface area contributed by atoms with E-state index in [0.717, 1.165) is 0 Å². The molecule has 1 unspecified atom stereocenters. The molecule has 0 spiro atoms. The Morgan fingerprint density at radius 1 is 1.00 bits per heavy atom. The molecule has 0 amide bonds. The van der Waals surface area contributed by atoms with Crippen molar-refractivity contribution >= 4 is 0 Å². The van der Waals surface area contributed by atoms with Gasteiger partial charge in [0.15, 0.2) is 0 Å². The summed E-state index contributed by atoms with van der Waals surface area (Å²) in [4.78, 5) is 0. The topological polar surface area (TPSA) is 38.0 Å². The average molecular weight is 200 g/mol. The average Bonchev–Trinajstić information content (AvgIpc) is 2.15. The van der Waals surface area contributed by atoms with E-state index >= 15 is 0 Å². The summed E-state index contributed by atoms with van der Waals surface area (Å²) in [6.45, 7) is 6.67. The van der Waals surface area contributed by atoms with Crippen molar-refractivity contribution in [3.63, 3.8) is 0 Å². The van der Waals surface area contributed by atoms with Crippen molar-refractivity contribution in [2.45, 2.75) is 64.8 Å². The van der Waals surface area contributed by atoms with E-state index in [1.807, 2.05) is 0 Å². The molecular formula is C12H28N2. The van der Waals surface area contributed by atoms with Gasteiger partial charge in [0.05, 0.1) is 0 Å². The minimum atomic E-state index is 0.390. The van der Waals surface area contributed by atoms with E-state index in [4.69, 9.17) is 5.73 Å². The second-order valence-electron chi connectivity index (χ2n) is 4.28. The molecule has 0 heterocycles. The maximum atomic E-state index is 5.68. The van der Waals surface area contributed by atoms with Gasteiger partial charge in [-0.3, -0.25) is 0 Å². The number of hydrogen-bond acceptors (Lipinski definition) is 2. The van der Waals surface area contributed by atoms with Crippen molar-refractivity contribution in [2.75, 3.05) is 13.1 Å². The summed E-state index contributed by atoms with van der Waals surface area (Å²) in [5.41, 5.74) is 5.68. The first kappa shape index (κ1) is 13.9. The zero-order valence-electron chi connectivity index (χ0n) is 10.0. The summed E-state index contributed by atoms with van der Waals surface area (Å²) in [7, 11) is 0. The van der Waals surface area contributed by atoms with Gasteiger partial charge in [-0.25, -0.2) is 0 Å². The zero-order chi connectivity index (χ0) is 10.6. The molecule has 14 heavy (non-hydrogen) atoms. The van der Waals surface area contributed by atoms with Crippen LogP contribution in [0.3, 0.4) is 0 Å². The molecule has 0 saturated carbocycles. The van der Waals surface area contributed by atoms with E-state index in [1.165, 1.54) is 58.0 Å². The lowest BCUT2D eigenvalue weighted by atomic mass is 10.1. The van der Waals surface area contributed by atoms with Gasteiger partial charge in [0.25, 0.3) is 0 Å². The van der Waals surface area contributed by atoms with Gasteiger partial charge >= 0.3 is 0 Å². The van der Waals surface area contributed by atoms with Crippen molar-refractivity contribution in [3.05, 3.63) is 0 Å². The molecule has 0 aliphatic rings. The molecule has 0 aliphatic carbocycles. The summed E-state index contributed by atoms with van der Waals surface area (Å²) in [5, 5.41) is 3.42. The summed E-state index contributed by atoms with van der Waals surface area (Å²) in [6.07, 6.45) is 9.17. The molecule has 0 aromatic rings. The van der Waals surface area contributed by atoms with E-state index in [9.17, 15) is 0 Å². The van der Waals surface area contributed by atoms with Gasteiger partial charge in [-0.05, 0) is 39.3 Å². The van der Waals surface area contributed by atoms with Crippen LogP contribution in [0.25, 0.3) is 0 Å². The predicted octanol–water partition coefficient (Wildman–Crippen LogP) is 2.67. The van der Waals surface area contributed by atoms with E-state index in [0.29, 0.717) is 6.04 Å². The van der Waals surface area contributed by atoms with Gasteiger partial charge < -0.3 is 11.1 Å². The standard InChI is InChI=1S/C12H28N2/c1-3-10-14-11-8-6-4-5-7-9-12(2)13/h12,14H,3-11,13H2,1-2H3. The number of nitrogens with two attached hydrogens (primary N) is 1. The van der Waals surface area contributed by atoms with Crippen LogP contribution in [0.1, 0.15) is 58.8 Å². The second-order valence-corrected chi connectivity index (χ2v) is 4.28. The molecule has 0 radical (unpaired) electrons. The largest absolute Gasteiger partial charge is 0.328 e. The Balaban J connectivity index is 2.85. The Morgan fingerprint density at radius 3 is 2.29 bits per heavy atom. The molecule has 86 valence electrons. The third-order valence-electron chi connectivity index (χ3n) is 2.44. The molecule has 0 saturated heterocycles. The first-order valence-electron chi connectivity index (χ1n) is 6.23. The van der Waals surface area contributed by atoms with Gasteiger partial charge in [0.1, 0.15) is 0 Å². The Hall–Kier alpha value is -0.0800. The molecule has 2 heteroatoms. The molecule has 0 aliphatic heterocycles. The maximum absolute atomic E-state index is 5.68. The minimum Gasteiger partial charge on any atom is -0.328 e. The SMILES string of the molecule is CCCNCCCCCCCC(C)N. The summed E-state index contributed by atoms with van der Waals surface area (Å²) in [5.74, 6) is 0. The van der Waals surface area contributed by atoms with Crippen LogP contribution in [0.5, 0.6) is 0 Å². The van der Waals surface area contributed by atoms with Gasteiger partial charge in [0.2, 0.25) is 0 Å². The monoisotopic (exact) mass is 200 g/mol. The van der Waals surface area contributed by atoms with Crippen LogP contribution in [-0.2, 0) is 0 Å². The molecule has 3 N–H and O–H groups in total. The lowest BCUT2D eigenvalue weighted by Gasteiger charge is -2.05. The fraction of sp³-hybridized carbons (Fsp3) is 1.00. The molecule has 0 bridgehead atoms. The minimum absolute atomic E-state index is 0.390. The van der Waals surface area contributed by atoms with Crippen molar-refractivity contribution < 1.29 is 0 Å². The molecule has 2 nitrogen and oxygen atoms in total. The van der Waals surface area contributed by atoms with E-state index in [-0.39, 0.29) is 0 Å². The lowest BCUT2D eigenvalue weighted by molar-refractivity contribution is 0.542. The highest BCUT2D eigenvalue weighted by Crippen LogP contribution is 2.05. The van der Waals surface area contributed by atoms with Gasteiger partial charge in [-0.2, -0.15) is 0 Å². The van der Waals surface area contributed by atoms with Crippen molar-refractivity contribution in [1.82, 2.24) is 5.32 Å². The quantitative estimate of drug-likeness (QED) is 0.532. The number of hydrogen-bond donors (Lipinski definition) is 2. The van der Waals surface area contributed by atoms with E-state index in [2.05, 4.69) is 19.2 Å². The first-order valence-corrected chi connectivity index (χ1v) is 6.23. The fourth-order valence-electron chi connectivity index (χ4n) is 1.55. The van der Waals surface area contributed by atoms with Crippen LogP contribution in [-0.4, -0.2) is 19.1 Å². The van der Waals surface area contributed by atoms with Crippen LogP contribution < -0.4 is 11.1 Å². The molecule has 0 fully saturated rings. The van der Waals surface area contributed by atoms with Crippen LogP contribution in [0.2, 0.25) is 0 Å². The molecular weight excluding hydrogens is 172 g/mol. The fourth-order valence-corrected chi connectivity index (χ4v) is 1.55. The van der Waals surface area contributed by atoms with Gasteiger partial charge in [-0.1, -0.05) is 32.6 Å². The Morgan fingerprint density at radius 2 is 1.64 bits per heavy atom. The van der Waals surface area contributed by atoms with Crippen molar-refractivity contribution in [1.29, 1.82) is 0 Å². The Bertz CT molecular complexity index is 102. The third kappa shape index (κ3) is 11.9. The highest BCUT2D eigenvalue weighted by atomic mass is 14.8. The molecule has 0 aromatic carbocycles. The maximum Gasteiger partial charge on any atom is 0.00104 e. The van der Waals surface area contributed by atoms with Gasteiger partial charge in [-0.15, -0.1) is 0 Å². The number of nitrogens with one attached hydrogen (secondary N) is 1. The Kier molecular flexibility index (Phi) is 10.9. The summed E-state index contributed by atoms with van der Waals surface area (Å²) >= 11 is 0. The second kappa shape index (κ2) is 11.0. The highest BCUT2D eigenvalue weighted by Gasteiger charge is 1.94. The number of rotatable bonds is 10. The van der Waals surface area contributed by atoms with Crippen LogP contribution >= 0.6 is 0 Å². The first-order chi connectivity index (χ1) is 6.77. The van der Waals surface area contributed by atoms with Gasteiger partial charge in [0, 0.05) is 6.04 Å². The van der Waals surface area contributed by atoms with E-state index < -0.39 is 0 Å². The highest BCUT2D eigenvalue weighted by molar-refractivity contribution is 4.54. The third-order valence-corrected chi connectivity index (χ3v) is 2.44. The molecule has 1 atom stereocenters. The normalized spacial score (nSPS) is 13.1. The van der Waals surface area contributed by atoms with Crippen molar-refractivity contribution in [3.8, 4) is 0 Å². The Labute approximate surface area is 89.6 Å². The summed E-state index contributed by atoms with van der Waals surface area (Å²) < 4.78 is 0. The zero-order valence-corrected chi connectivity index (χ0v) is 10.0. The lowest BCUT2D eigenvalue weighted by Crippen LogP contribution is -2.15. The summed E-state index contributed by atoms with van der Waals surface area (Å²) in [6, 6.07) is 0.390. The van der Waals surface area contributed by atoms with Crippen LogP contribution in [0, 0.1) is 0 Å². The van der Waals surface area contributed by atoms with Crippen LogP contribution in [0.15, 0.2) is 0 Å². The molecule has 0 aromatic heterocycles. The van der Waals surface area contributed by atoms with E-state index in [1.54, 1.807) is 0 Å². The number of unbranched alkanes of at least 4 members (excludes halogenated alkanes) is 4. The van der Waals surface area contributed by atoms with Crippen molar-refractivity contribution in [2.24, 2.45) is 5.73 Å². The molecule has 0 rings (SSSR count). The predicted molar refractivity (Wildman–Crippen MR) is 64.5 cm³/mol. The smallest absolute Gasteiger partial charge is 0.00104 e.